The standard InChI is InChI=1S/C31H30FN5O2/c1-22-29(31(38)36-19-17-35(18-20-36)25-13-11-24(32)12-14-25)30(37-28(34-22)15-16-33-37)26-9-5-6-10-27(26)39-21-23-7-3-2-4-8-23/h2-16,30,34H,17-21H2,1H3. The number of fused-ring (bicyclic) bond motifs is 1. The van der Waals surface area contributed by atoms with Gasteiger partial charge in [0.25, 0.3) is 5.91 Å². The fraction of sp³-hybridized carbons (Fsp3) is 0.226. The van der Waals surface area contributed by atoms with Crippen LogP contribution in [0.3, 0.4) is 0 Å². The van der Waals surface area contributed by atoms with Crippen molar-refractivity contribution in [3.8, 4) is 5.75 Å². The van der Waals surface area contributed by atoms with E-state index in [2.05, 4.69) is 15.3 Å². The van der Waals surface area contributed by atoms with Crippen molar-refractivity contribution in [2.45, 2.75) is 19.6 Å². The van der Waals surface area contributed by atoms with Crippen molar-refractivity contribution in [3.63, 3.8) is 0 Å². The Morgan fingerprint density at radius 2 is 1.67 bits per heavy atom. The van der Waals surface area contributed by atoms with E-state index in [1.54, 1.807) is 18.3 Å². The molecule has 1 aromatic heterocycles. The van der Waals surface area contributed by atoms with Gasteiger partial charge in [-0.3, -0.25) is 4.79 Å². The molecule has 3 heterocycles. The van der Waals surface area contributed by atoms with Crippen LogP contribution < -0.4 is 15.0 Å². The van der Waals surface area contributed by atoms with Crippen molar-refractivity contribution in [2.75, 3.05) is 36.4 Å². The van der Waals surface area contributed by atoms with Gasteiger partial charge in [0.15, 0.2) is 0 Å². The van der Waals surface area contributed by atoms with Crippen LogP contribution in [0.2, 0.25) is 0 Å². The predicted octanol–water partition coefficient (Wildman–Crippen LogP) is 5.24. The summed E-state index contributed by atoms with van der Waals surface area (Å²) < 4.78 is 21.6. The molecule has 0 saturated carbocycles. The number of aromatic nitrogens is 2. The first-order valence-electron chi connectivity index (χ1n) is 13.2. The van der Waals surface area contributed by atoms with Crippen molar-refractivity contribution in [2.24, 2.45) is 0 Å². The predicted molar refractivity (Wildman–Crippen MR) is 149 cm³/mol. The zero-order valence-electron chi connectivity index (χ0n) is 21.8. The molecule has 0 spiro atoms. The molecular weight excluding hydrogens is 493 g/mol. The molecule has 0 bridgehead atoms. The van der Waals surface area contributed by atoms with Crippen molar-refractivity contribution < 1.29 is 13.9 Å². The van der Waals surface area contributed by atoms with Crippen molar-refractivity contribution in [1.29, 1.82) is 0 Å². The fourth-order valence-electron chi connectivity index (χ4n) is 5.33. The van der Waals surface area contributed by atoms with Crippen LogP contribution in [-0.2, 0) is 11.4 Å². The minimum atomic E-state index is -0.439. The number of amides is 1. The third kappa shape index (κ3) is 4.97. The Hall–Kier alpha value is -4.59. The first-order valence-corrected chi connectivity index (χ1v) is 13.2. The van der Waals surface area contributed by atoms with E-state index in [1.165, 1.54) is 12.1 Å². The molecule has 198 valence electrons. The normalized spacial score (nSPS) is 17.0. The number of para-hydroxylation sites is 1. The SMILES string of the molecule is CC1=C(C(=O)N2CCN(c3ccc(F)cc3)CC2)C(c2ccccc2OCc2ccccc2)n2nccc2N1. The molecule has 2 aliphatic rings. The maximum absolute atomic E-state index is 14.1. The van der Waals surface area contributed by atoms with E-state index < -0.39 is 6.04 Å². The number of nitrogens with zero attached hydrogens (tertiary/aromatic N) is 4. The van der Waals surface area contributed by atoms with Crippen molar-refractivity contribution >= 4 is 17.4 Å². The van der Waals surface area contributed by atoms with Crippen LogP contribution in [0.15, 0.2) is 102 Å². The van der Waals surface area contributed by atoms with Gasteiger partial charge in [-0.15, -0.1) is 0 Å². The second kappa shape index (κ2) is 10.6. The minimum absolute atomic E-state index is 0.0252. The molecule has 2 aliphatic heterocycles. The lowest BCUT2D eigenvalue weighted by Crippen LogP contribution is -2.50. The van der Waals surface area contributed by atoms with Crippen LogP contribution in [0.25, 0.3) is 0 Å². The second-order valence-corrected chi connectivity index (χ2v) is 9.79. The number of allylic oxidation sites excluding steroid dienone is 1. The molecule has 4 aromatic rings. The summed E-state index contributed by atoms with van der Waals surface area (Å²) in [6.07, 6.45) is 1.74. The lowest BCUT2D eigenvalue weighted by Gasteiger charge is -2.38. The smallest absolute Gasteiger partial charge is 0.254 e. The van der Waals surface area contributed by atoms with Crippen molar-refractivity contribution in [1.82, 2.24) is 14.7 Å². The van der Waals surface area contributed by atoms with E-state index >= 15 is 0 Å². The highest BCUT2D eigenvalue weighted by Gasteiger charge is 2.37. The van der Waals surface area contributed by atoms with Gasteiger partial charge in [-0.25, -0.2) is 9.07 Å². The van der Waals surface area contributed by atoms with E-state index in [9.17, 15) is 9.18 Å². The van der Waals surface area contributed by atoms with Gasteiger partial charge in [-0.2, -0.15) is 5.10 Å². The van der Waals surface area contributed by atoms with Crippen LogP contribution in [0, 0.1) is 5.82 Å². The summed E-state index contributed by atoms with van der Waals surface area (Å²) >= 11 is 0. The number of carbonyl (C=O) groups excluding carboxylic acids is 1. The Balaban J connectivity index is 1.28. The lowest BCUT2D eigenvalue weighted by atomic mass is 9.93. The quantitative estimate of drug-likeness (QED) is 0.375. The van der Waals surface area contributed by atoms with E-state index in [1.807, 2.05) is 77.2 Å². The molecule has 1 saturated heterocycles. The average Bonchev–Trinajstić information content (AvgIpc) is 3.44. The molecule has 0 radical (unpaired) electrons. The highest BCUT2D eigenvalue weighted by Crippen LogP contribution is 2.40. The number of anilines is 2. The summed E-state index contributed by atoms with van der Waals surface area (Å²) in [6, 6.07) is 25.9. The molecule has 7 nitrogen and oxygen atoms in total. The number of benzene rings is 3. The van der Waals surface area contributed by atoms with Crippen LogP contribution in [0.5, 0.6) is 5.75 Å². The molecule has 1 atom stereocenters. The highest BCUT2D eigenvalue weighted by atomic mass is 19.1. The largest absolute Gasteiger partial charge is 0.489 e. The molecular formula is C31H30FN5O2. The molecule has 39 heavy (non-hydrogen) atoms. The maximum Gasteiger partial charge on any atom is 0.254 e. The summed E-state index contributed by atoms with van der Waals surface area (Å²) in [7, 11) is 0. The second-order valence-electron chi connectivity index (χ2n) is 9.79. The third-order valence-corrected chi connectivity index (χ3v) is 7.35. The molecule has 8 heteroatoms. The van der Waals surface area contributed by atoms with Gasteiger partial charge in [0, 0.05) is 49.2 Å². The zero-order valence-corrected chi connectivity index (χ0v) is 21.8. The highest BCUT2D eigenvalue weighted by molar-refractivity contribution is 5.97. The van der Waals surface area contributed by atoms with E-state index in [0.717, 1.165) is 28.3 Å². The van der Waals surface area contributed by atoms with Crippen LogP contribution >= 0.6 is 0 Å². The Bertz CT molecular complexity index is 1490. The number of piperazine rings is 1. The molecule has 1 fully saturated rings. The van der Waals surface area contributed by atoms with E-state index in [-0.39, 0.29) is 11.7 Å². The number of ether oxygens (including phenoxy) is 1. The Morgan fingerprint density at radius 1 is 0.949 bits per heavy atom. The molecule has 1 N–H and O–H groups in total. The van der Waals surface area contributed by atoms with Gasteiger partial charge in [0.1, 0.15) is 30.0 Å². The topological polar surface area (TPSA) is 62.6 Å². The maximum atomic E-state index is 14.1. The van der Waals surface area contributed by atoms with Gasteiger partial charge in [-0.05, 0) is 42.8 Å². The molecule has 6 rings (SSSR count). The van der Waals surface area contributed by atoms with Gasteiger partial charge >= 0.3 is 0 Å². The number of rotatable bonds is 6. The van der Waals surface area contributed by atoms with Crippen molar-refractivity contribution in [3.05, 3.63) is 119 Å². The molecule has 1 amide bonds. The fourth-order valence-corrected chi connectivity index (χ4v) is 5.33. The Labute approximate surface area is 227 Å². The van der Waals surface area contributed by atoms with Crippen LogP contribution in [-0.4, -0.2) is 46.8 Å². The zero-order chi connectivity index (χ0) is 26.8. The molecule has 3 aromatic carbocycles. The average molecular weight is 524 g/mol. The number of halogens is 1. The summed E-state index contributed by atoms with van der Waals surface area (Å²) in [5.41, 5.74) is 4.36. The number of hydrogen-bond donors (Lipinski definition) is 1. The minimum Gasteiger partial charge on any atom is -0.489 e. The van der Waals surface area contributed by atoms with Crippen LogP contribution in [0.4, 0.5) is 15.9 Å². The summed E-state index contributed by atoms with van der Waals surface area (Å²) in [5, 5.41) is 7.97. The van der Waals surface area contributed by atoms with Gasteiger partial charge in [-0.1, -0.05) is 48.5 Å². The summed E-state index contributed by atoms with van der Waals surface area (Å²) in [4.78, 5) is 18.2. The van der Waals surface area contributed by atoms with E-state index in [4.69, 9.17) is 4.74 Å². The first-order chi connectivity index (χ1) is 19.1. The molecule has 1 unspecified atom stereocenters. The molecule has 0 aliphatic carbocycles. The summed E-state index contributed by atoms with van der Waals surface area (Å²) in [6.45, 7) is 4.85. The van der Waals surface area contributed by atoms with Crippen LogP contribution in [0.1, 0.15) is 24.1 Å². The van der Waals surface area contributed by atoms with Gasteiger partial charge in [0.05, 0.1) is 11.8 Å². The monoisotopic (exact) mass is 523 g/mol. The Kier molecular flexibility index (Phi) is 6.75. The Morgan fingerprint density at radius 3 is 2.44 bits per heavy atom. The lowest BCUT2D eigenvalue weighted by molar-refractivity contribution is -0.128. The number of hydrogen-bond acceptors (Lipinski definition) is 5. The number of nitrogens with one attached hydrogen (secondary N) is 1. The van der Waals surface area contributed by atoms with Gasteiger partial charge in [0.2, 0.25) is 0 Å². The summed E-state index contributed by atoms with van der Waals surface area (Å²) in [5.74, 6) is 1.27. The van der Waals surface area contributed by atoms with Gasteiger partial charge < -0.3 is 19.9 Å². The first kappa shape index (κ1) is 24.7. The number of carbonyl (C=O) groups is 1. The van der Waals surface area contributed by atoms with E-state index in [0.29, 0.717) is 44.1 Å². The third-order valence-electron chi connectivity index (χ3n) is 7.35.